The summed E-state index contributed by atoms with van der Waals surface area (Å²) in [5.74, 6) is 2.63. The van der Waals surface area contributed by atoms with Crippen LogP contribution in [0.5, 0.6) is 0 Å². The minimum atomic E-state index is 0. The van der Waals surface area contributed by atoms with Crippen LogP contribution in [0.2, 0.25) is 0 Å². The molecule has 32 heavy (non-hydrogen) atoms. The van der Waals surface area contributed by atoms with E-state index < -0.39 is 0 Å². The Hall–Kier alpha value is -3.70. The highest BCUT2D eigenvalue weighted by Crippen LogP contribution is 2.42. The van der Waals surface area contributed by atoms with Gasteiger partial charge in [-0.25, -0.2) is 15.0 Å². The molecule has 2 aliphatic rings. The zero-order valence-corrected chi connectivity index (χ0v) is 18.1. The molecule has 0 atom stereocenters. The zero-order valence-electron chi connectivity index (χ0n) is 17.3. The molecule has 162 valence electrons. The van der Waals surface area contributed by atoms with Crippen molar-refractivity contribution in [2.24, 2.45) is 0 Å². The molecule has 1 aliphatic carbocycles. The molecular formula is C23H22ClN7O. The Balaban J connectivity index is 0.00000245. The molecule has 8 nitrogen and oxygen atoms in total. The van der Waals surface area contributed by atoms with Crippen LogP contribution in [-0.2, 0) is 4.79 Å². The Bertz CT molecular complexity index is 1170. The molecular weight excluding hydrogens is 426 g/mol. The smallest absolute Gasteiger partial charge is 0.239 e. The van der Waals surface area contributed by atoms with Crippen LogP contribution in [0.1, 0.15) is 29.9 Å². The van der Waals surface area contributed by atoms with E-state index >= 15 is 0 Å². The molecule has 3 aromatic heterocycles. The number of carbonyl (C=O) groups excluding carboxylic acids is 1. The van der Waals surface area contributed by atoms with E-state index in [2.05, 4.69) is 38.8 Å². The van der Waals surface area contributed by atoms with Crippen molar-refractivity contribution in [1.82, 2.24) is 20.3 Å². The molecule has 0 bridgehead atoms. The van der Waals surface area contributed by atoms with Crippen molar-refractivity contribution in [3.05, 3.63) is 59.9 Å². The predicted molar refractivity (Wildman–Crippen MR) is 124 cm³/mol. The first-order valence-electron chi connectivity index (χ1n) is 10.3. The average Bonchev–Trinajstić information content (AvgIpc) is 3.65. The third-order valence-corrected chi connectivity index (χ3v) is 5.45. The minimum absolute atomic E-state index is 0. The number of nitrogens with one attached hydrogen (secondary N) is 2. The number of halogens is 1. The van der Waals surface area contributed by atoms with Crippen LogP contribution >= 0.6 is 12.4 Å². The van der Waals surface area contributed by atoms with E-state index in [1.165, 1.54) is 18.4 Å². The largest absolute Gasteiger partial charge is 0.353 e. The highest BCUT2D eigenvalue weighted by atomic mass is 35.5. The van der Waals surface area contributed by atoms with E-state index in [9.17, 15) is 4.79 Å². The van der Waals surface area contributed by atoms with Gasteiger partial charge in [0, 0.05) is 31.0 Å². The summed E-state index contributed by atoms with van der Waals surface area (Å²) in [7, 11) is 0. The van der Waals surface area contributed by atoms with Crippen molar-refractivity contribution in [1.29, 1.82) is 5.26 Å². The van der Waals surface area contributed by atoms with Gasteiger partial charge in [0.25, 0.3) is 0 Å². The number of carbonyl (C=O) groups is 1. The molecule has 5 rings (SSSR count). The first-order valence-corrected chi connectivity index (χ1v) is 10.3. The number of hydrogen-bond acceptors (Lipinski definition) is 7. The summed E-state index contributed by atoms with van der Waals surface area (Å²) in [4.78, 5) is 27.3. The Morgan fingerprint density at radius 3 is 2.72 bits per heavy atom. The van der Waals surface area contributed by atoms with E-state index in [4.69, 9.17) is 10.2 Å². The van der Waals surface area contributed by atoms with Crippen molar-refractivity contribution < 1.29 is 4.79 Å². The molecule has 0 unspecified atom stereocenters. The monoisotopic (exact) mass is 447 g/mol. The maximum absolute atomic E-state index is 11.6. The predicted octanol–water partition coefficient (Wildman–Crippen LogP) is 3.39. The van der Waals surface area contributed by atoms with Crippen LogP contribution in [0.15, 0.2) is 48.8 Å². The normalized spacial score (nSPS) is 15.3. The van der Waals surface area contributed by atoms with Crippen LogP contribution in [-0.4, -0.2) is 40.5 Å². The van der Waals surface area contributed by atoms with Gasteiger partial charge in [-0.3, -0.25) is 4.79 Å². The lowest BCUT2D eigenvalue weighted by molar-refractivity contribution is -0.120. The van der Waals surface area contributed by atoms with Crippen molar-refractivity contribution in [3.63, 3.8) is 0 Å². The van der Waals surface area contributed by atoms with Crippen LogP contribution in [0.25, 0.3) is 11.3 Å². The molecule has 3 aromatic rings. The zero-order chi connectivity index (χ0) is 21.2. The number of piperazine rings is 1. The summed E-state index contributed by atoms with van der Waals surface area (Å²) in [5.41, 5.74) is 3.52. The topological polar surface area (TPSA) is 107 Å². The van der Waals surface area contributed by atoms with E-state index in [0.29, 0.717) is 36.2 Å². The van der Waals surface area contributed by atoms with Crippen LogP contribution in [0, 0.1) is 11.3 Å². The summed E-state index contributed by atoms with van der Waals surface area (Å²) in [6.07, 6.45) is 5.77. The molecule has 0 aromatic carbocycles. The van der Waals surface area contributed by atoms with E-state index in [1.54, 1.807) is 24.5 Å². The highest BCUT2D eigenvalue weighted by Gasteiger charge is 2.25. The molecule has 1 amide bonds. The van der Waals surface area contributed by atoms with Gasteiger partial charge < -0.3 is 15.5 Å². The highest BCUT2D eigenvalue weighted by molar-refractivity contribution is 5.85. The van der Waals surface area contributed by atoms with Crippen LogP contribution in [0.3, 0.4) is 0 Å². The molecule has 0 spiro atoms. The SMILES string of the molecule is Cl.N#Cc1ccnc(Nc2cc(C3CC3)cc(-c3ccc(N4CCNC(=O)C4)nc3)n2)c1. The second-order valence-electron chi connectivity index (χ2n) is 7.79. The molecule has 4 heterocycles. The number of nitrogens with zero attached hydrogens (tertiary/aromatic N) is 5. The Morgan fingerprint density at radius 2 is 2.00 bits per heavy atom. The fourth-order valence-corrected chi connectivity index (χ4v) is 3.67. The van der Waals surface area contributed by atoms with Gasteiger partial charge in [0.15, 0.2) is 0 Å². The van der Waals surface area contributed by atoms with Crippen molar-refractivity contribution in [2.45, 2.75) is 18.8 Å². The van der Waals surface area contributed by atoms with Gasteiger partial charge in [0.05, 0.1) is 23.9 Å². The van der Waals surface area contributed by atoms with Gasteiger partial charge in [0.2, 0.25) is 5.91 Å². The van der Waals surface area contributed by atoms with Gasteiger partial charge in [0.1, 0.15) is 17.5 Å². The number of nitriles is 1. The molecule has 9 heteroatoms. The van der Waals surface area contributed by atoms with Crippen LogP contribution in [0.4, 0.5) is 17.5 Å². The maximum atomic E-state index is 11.6. The minimum Gasteiger partial charge on any atom is -0.353 e. The second-order valence-corrected chi connectivity index (χ2v) is 7.79. The molecule has 1 saturated heterocycles. The number of hydrogen-bond donors (Lipinski definition) is 2. The number of rotatable bonds is 5. The summed E-state index contributed by atoms with van der Waals surface area (Å²) < 4.78 is 0. The number of amides is 1. The molecule has 2 N–H and O–H groups in total. The fourth-order valence-electron chi connectivity index (χ4n) is 3.67. The molecule has 0 radical (unpaired) electrons. The van der Waals surface area contributed by atoms with E-state index in [1.807, 2.05) is 17.0 Å². The van der Waals surface area contributed by atoms with Gasteiger partial charge in [-0.05, 0) is 60.7 Å². The van der Waals surface area contributed by atoms with E-state index in [-0.39, 0.29) is 18.3 Å². The van der Waals surface area contributed by atoms with Crippen molar-refractivity contribution >= 4 is 35.8 Å². The van der Waals surface area contributed by atoms with Crippen molar-refractivity contribution in [2.75, 3.05) is 29.9 Å². The third-order valence-electron chi connectivity index (χ3n) is 5.45. The fraction of sp³-hybridized carbons (Fsp3) is 0.261. The quantitative estimate of drug-likeness (QED) is 0.617. The Morgan fingerprint density at radius 1 is 1.12 bits per heavy atom. The summed E-state index contributed by atoms with van der Waals surface area (Å²) in [5, 5.41) is 15.2. The van der Waals surface area contributed by atoms with Crippen LogP contribution < -0.4 is 15.5 Å². The summed E-state index contributed by atoms with van der Waals surface area (Å²) >= 11 is 0. The Kier molecular flexibility index (Phi) is 6.19. The standard InChI is InChI=1S/C23H21N7O.ClH/c24-12-15-5-6-25-20(9-15)29-21-11-18(16-1-2-16)10-19(28-21)17-3-4-22(27-13-17)30-8-7-26-23(31)14-30;/h3-6,9-11,13,16H,1-2,7-8,14H2,(H,26,31)(H,25,28,29);1H. The molecule has 1 aliphatic heterocycles. The van der Waals surface area contributed by atoms with E-state index in [0.717, 1.165) is 23.6 Å². The molecule has 1 saturated carbocycles. The van der Waals surface area contributed by atoms with Gasteiger partial charge in [-0.1, -0.05) is 0 Å². The summed E-state index contributed by atoms with van der Waals surface area (Å²) in [6.45, 7) is 1.70. The Labute approximate surface area is 192 Å². The number of anilines is 3. The first kappa shape index (κ1) is 21.5. The lowest BCUT2D eigenvalue weighted by Gasteiger charge is -2.27. The van der Waals surface area contributed by atoms with Gasteiger partial charge in [-0.15, -0.1) is 12.4 Å². The summed E-state index contributed by atoms with van der Waals surface area (Å²) in [6, 6.07) is 13.6. The van der Waals surface area contributed by atoms with Gasteiger partial charge in [-0.2, -0.15) is 5.26 Å². The number of pyridine rings is 3. The average molecular weight is 448 g/mol. The van der Waals surface area contributed by atoms with Crippen molar-refractivity contribution in [3.8, 4) is 17.3 Å². The number of aromatic nitrogens is 3. The first-order chi connectivity index (χ1) is 15.2. The lowest BCUT2D eigenvalue weighted by atomic mass is 10.1. The lowest BCUT2D eigenvalue weighted by Crippen LogP contribution is -2.48. The van der Waals surface area contributed by atoms with Gasteiger partial charge >= 0.3 is 0 Å². The maximum Gasteiger partial charge on any atom is 0.239 e. The second kappa shape index (κ2) is 9.20. The third kappa shape index (κ3) is 4.79. The molecule has 2 fully saturated rings.